The number of pyridine rings is 1. The first-order chi connectivity index (χ1) is 15.7. The van der Waals surface area contributed by atoms with Gasteiger partial charge in [-0.05, 0) is 0 Å². The summed E-state index contributed by atoms with van der Waals surface area (Å²) in [6, 6.07) is 37.2. The molecule has 0 fully saturated rings. The zero-order chi connectivity index (χ0) is 22.0. The van der Waals surface area contributed by atoms with Crippen molar-refractivity contribution in [2.75, 3.05) is 0 Å². The van der Waals surface area contributed by atoms with Crippen LogP contribution in [-0.4, -0.2) is 14.6 Å². The predicted octanol–water partition coefficient (Wildman–Crippen LogP) is 4.83. The maximum atomic E-state index is 5.09. The van der Waals surface area contributed by atoms with Gasteiger partial charge in [-0.3, -0.25) is 0 Å². The Morgan fingerprint density at radius 1 is 0.688 bits per heavy atom. The second kappa shape index (κ2) is 8.68. The summed E-state index contributed by atoms with van der Waals surface area (Å²) >= 11 is 0. The Balaban J connectivity index is 1.77. The number of hydrogen-bond donors (Lipinski definition) is 0. The van der Waals surface area contributed by atoms with Gasteiger partial charge in [0.2, 0.25) is 0 Å². The van der Waals surface area contributed by atoms with Crippen LogP contribution in [0.4, 0.5) is 0 Å². The third-order valence-corrected chi connectivity index (χ3v) is 11.2. The fourth-order valence-electron chi connectivity index (χ4n) is 4.74. The maximum absolute atomic E-state index is 5.09. The van der Waals surface area contributed by atoms with Crippen molar-refractivity contribution in [1.29, 1.82) is 0 Å². The molecular formula is C28H28N3P. The van der Waals surface area contributed by atoms with Crippen LogP contribution in [0.3, 0.4) is 0 Å². The van der Waals surface area contributed by atoms with E-state index >= 15 is 0 Å². The minimum absolute atomic E-state index is 0.815. The van der Waals surface area contributed by atoms with Gasteiger partial charge in [-0.25, -0.2) is 0 Å². The molecule has 0 bridgehead atoms. The molecule has 0 aliphatic heterocycles. The molecule has 5 aromatic rings. The molecule has 0 aliphatic carbocycles. The number of nitrogens with zero attached hydrogens (tertiary/aromatic N) is 3. The van der Waals surface area contributed by atoms with Crippen LogP contribution in [0.2, 0.25) is 0 Å². The van der Waals surface area contributed by atoms with Gasteiger partial charge in [-0.2, -0.15) is 0 Å². The summed E-state index contributed by atoms with van der Waals surface area (Å²) in [5.74, 6) is 0.914. The molecule has 0 saturated heterocycles. The quantitative estimate of drug-likeness (QED) is 0.356. The first-order valence-electron chi connectivity index (χ1n) is 11.2. The molecule has 0 spiro atoms. The Labute approximate surface area is 190 Å². The second-order valence-corrected chi connectivity index (χ2v) is 12.2. The Hall–Kier alpha value is -3.29. The van der Waals surface area contributed by atoms with Crippen LogP contribution in [0.5, 0.6) is 0 Å². The first-order valence-corrected chi connectivity index (χ1v) is 13.4. The van der Waals surface area contributed by atoms with E-state index < -0.39 is 7.26 Å². The van der Waals surface area contributed by atoms with Crippen LogP contribution in [0.1, 0.15) is 24.0 Å². The molecule has 0 unspecified atom stereocenters. The number of fused-ring (bicyclic) bond motifs is 1. The standard InChI is InChI=1S/C28H28N3P/c1-3-23-20-19-22(2)31-28(23)29-27(30-31)21-32(24-13-7-4-8-14-24,25-15-9-5-10-16-25)26-17-11-6-12-18-26/h4-20,32H,3,21H2,1-2H3. The Bertz CT molecular complexity index is 1230. The molecule has 0 N–H and O–H groups in total. The summed E-state index contributed by atoms with van der Waals surface area (Å²) < 4.78 is 2.02. The van der Waals surface area contributed by atoms with Crippen LogP contribution >= 0.6 is 7.26 Å². The SMILES string of the molecule is CCc1ccc(C)n2nc(C[PH](c3ccccc3)(c3ccccc3)c3ccccc3)nc12. The van der Waals surface area contributed by atoms with E-state index in [2.05, 4.69) is 117 Å². The van der Waals surface area contributed by atoms with E-state index in [4.69, 9.17) is 10.1 Å². The monoisotopic (exact) mass is 437 g/mol. The van der Waals surface area contributed by atoms with Crippen LogP contribution in [0.15, 0.2) is 103 Å². The fourth-order valence-corrected chi connectivity index (χ4v) is 9.26. The second-order valence-electron chi connectivity index (χ2n) is 8.30. The zero-order valence-corrected chi connectivity index (χ0v) is 19.6. The number of aromatic nitrogens is 3. The van der Waals surface area contributed by atoms with E-state index in [9.17, 15) is 0 Å². The van der Waals surface area contributed by atoms with Gasteiger partial charge >= 0.3 is 190 Å². The van der Waals surface area contributed by atoms with E-state index in [0.29, 0.717) is 0 Å². The molecule has 0 radical (unpaired) electrons. The van der Waals surface area contributed by atoms with Crippen molar-refractivity contribution >= 4 is 28.8 Å². The summed E-state index contributed by atoms with van der Waals surface area (Å²) in [6.45, 7) is 4.27. The molecule has 3 nitrogen and oxygen atoms in total. The predicted molar refractivity (Wildman–Crippen MR) is 137 cm³/mol. The molecule has 4 heteroatoms. The Kier molecular flexibility index (Phi) is 5.59. The molecule has 0 atom stereocenters. The van der Waals surface area contributed by atoms with Gasteiger partial charge in [-0.15, -0.1) is 0 Å². The number of benzene rings is 3. The molecule has 160 valence electrons. The van der Waals surface area contributed by atoms with Gasteiger partial charge in [0.05, 0.1) is 0 Å². The molecule has 2 aromatic heterocycles. The molecule has 5 rings (SSSR count). The fraction of sp³-hybridized carbons (Fsp3) is 0.143. The van der Waals surface area contributed by atoms with Gasteiger partial charge in [0.15, 0.2) is 0 Å². The number of rotatable bonds is 6. The van der Waals surface area contributed by atoms with E-state index in [-0.39, 0.29) is 0 Å². The topological polar surface area (TPSA) is 30.2 Å². The normalized spacial score (nSPS) is 12.2. The van der Waals surface area contributed by atoms with Crippen molar-refractivity contribution in [3.63, 3.8) is 0 Å². The van der Waals surface area contributed by atoms with Crippen molar-refractivity contribution in [1.82, 2.24) is 14.6 Å². The van der Waals surface area contributed by atoms with E-state index in [1.54, 1.807) is 0 Å². The molecule has 0 amide bonds. The molecule has 3 aromatic carbocycles. The summed E-state index contributed by atoms with van der Waals surface area (Å²) in [6.07, 6.45) is 1.76. The van der Waals surface area contributed by atoms with Gasteiger partial charge in [0, 0.05) is 0 Å². The van der Waals surface area contributed by atoms with Gasteiger partial charge in [-0.1, -0.05) is 0 Å². The molecule has 32 heavy (non-hydrogen) atoms. The molecular weight excluding hydrogens is 409 g/mol. The molecule has 0 saturated carbocycles. The van der Waals surface area contributed by atoms with E-state index in [1.807, 2.05) is 4.52 Å². The summed E-state index contributed by atoms with van der Waals surface area (Å²) in [4.78, 5) is 5.09. The average molecular weight is 438 g/mol. The summed E-state index contributed by atoms with van der Waals surface area (Å²) in [7, 11) is -2.41. The third kappa shape index (κ3) is 3.53. The first kappa shape index (κ1) is 20.6. The zero-order valence-electron chi connectivity index (χ0n) is 18.6. The van der Waals surface area contributed by atoms with E-state index in [0.717, 1.165) is 29.7 Å². The van der Waals surface area contributed by atoms with Crippen LogP contribution in [0.25, 0.3) is 5.65 Å². The van der Waals surface area contributed by atoms with E-state index in [1.165, 1.54) is 21.5 Å². The van der Waals surface area contributed by atoms with Crippen molar-refractivity contribution in [3.8, 4) is 0 Å². The summed E-state index contributed by atoms with van der Waals surface area (Å²) in [5, 5.41) is 9.16. The van der Waals surface area contributed by atoms with Crippen molar-refractivity contribution in [2.45, 2.75) is 26.4 Å². The Morgan fingerprint density at radius 3 is 1.66 bits per heavy atom. The number of aryl methyl sites for hydroxylation is 2. The third-order valence-electron chi connectivity index (χ3n) is 6.40. The minimum atomic E-state index is -2.41. The van der Waals surface area contributed by atoms with Crippen LogP contribution < -0.4 is 15.9 Å². The number of hydrogen-bond acceptors (Lipinski definition) is 2. The van der Waals surface area contributed by atoms with Gasteiger partial charge in [0.25, 0.3) is 0 Å². The molecule has 0 aliphatic rings. The van der Waals surface area contributed by atoms with Gasteiger partial charge in [0.1, 0.15) is 0 Å². The summed E-state index contributed by atoms with van der Waals surface area (Å²) in [5.41, 5.74) is 3.34. The van der Waals surface area contributed by atoms with Crippen LogP contribution in [-0.2, 0) is 12.6 Å². The van der Waals surface area contributed by atoms with Crippen molar-refractivity contribution < 1.29 is 0 Å². The van der Waals surface area contributed by atoms with Gasteiger partial charge < -0.3 is 0 Å². The Morgan fingerprint density at radius 2 is 1.19 bits per heavy atom. The molecule has 2 heterocycles. The average Bonchev–Trinajstić information content (AvgIpc) is 3.29. The van der Waals surface area contributed by atoms with Crippen molar-refractivity contribution in [3.05, 3.63) is 120 Å². The van der Waals surface area contributed by atoms with Crippen LogP contribution in [0, 0.1) is 6.92 Å². The van der Waals surface area contributed by atoms with Crippen molar-refractivity contribution in [2.24, 2.45) is 0 Å².